The molecule has 3 rings (SSSR count). The average molecular weight is 280 g/mol. The Morgan fingerprint density at radius 3 is 2.76 bits per heavy atom. The van der Waals surface area contributed by atoms with E-state index in [1.165, 1.54) is 19.3 Å². The van der Waals surface area contributed by atoms with Crippen molar-refractivity contribution >= 4 is 16.7 Å². The molecule has 0 amide bonds. The maximum Gasteiger partial charge on any atom is 0.258 e. The smallest absolute Gasteiger partial charge is 0.258 e. The lowest BCUT2D eigenvalue weighted by Crippen LogP contribution is -2.06. The molecule has 0 aliphatic heterocycles. The van der Waals surface area contributed by atoms with Gasteiger partial charge in [0.2, 0.25) is 0 Å². The molecule has 0 atom stereocenters. The Kier molecular flexibility index (Phi) is 3.02. The molecule has 0 spiro atoms. The third-order valence-electron chi connectivity index (χ3n) is 3.34. The molecule has 1 heterocycles. The number of carbonyl (C=O) groups excluding carboxylic acids is 1. The number of carbonyl (C=O) groups is 1. The summed E-state index contributed by atoms with van der Waals surface area (Å²) in [6.45, 7) is 1.48. The first-order valence-corrected chi connectivity index (χ1v) is 6.38. The van der Waals surface area contributed by atoms with Gasteiger partial charge in [0.25, 0.3) is 5.56 Å². The van der Waals surface area contributed by atoms with Gasteiger partial charge in [0.15, 0.2) is 5.78 Å². The predicted octanol–water partition coefficient (Wildman–Crippen LogP) is 2.50. The standard InChI is InChI=1S/C16H12N2O3/c1-9(19)11-4-2-3-5-12(11)10-6-13-15(14(20)7-10)17-8-18-16(13)21/h2-8,20H,1H3,(H,17,18,21). The number of nitrogens with one attached hydrogen (secondary N) is 1. The first kappa shape index (κ1) is 13.1. The Hall–Kier alpha value is -2.95. The van der Waals surface area contributed by atoms with E-state index in [1.54, 1.807) is 30.3 Å². The number of hydrogen-bond acceptors (Lipinski definition) is 4. The Balaban J connectivity index is 2.35. The van der Waals surface area contributed by atoms with Crippen LogP contribution in [0, 0.1) is 0 Å². The van der Waals surface area contributed by atoms with Gasteiger partial charge in [0.05, 0.1) is 11.7 Å². The van der Waals surface area contributed by atoms with E-state index in [9.17, 15) is 14.7 Å². The lowest BCUT2D eigenvalue weighted by atomic mass is 9.96. The number of hydrogen-bond donors (Lipinski definition) is 2. The van der Waals surface area contributed by atoms with Crippen LogP contribution < -0.4 is 5.56 Å². The van der Waals surface area contributed by atoms with Crippen molar-refractivity contribution < 1.29 is 9.90 Å². The third kappa shape index (κ3) is 2.18. The van der Waals surface area contributed by atoms with E-state index in [-0.39, 0.29) is 28.0 Å². The fourth-order valence-corrected chi connectivity index (χ4v) is 2.36. The molecular formula is C16H12N2O3. The number of aromatic hydroxyl groups is 1. The summed E-state index contributed by atoms with van der Waals surface area (Å²) in [5, 5.41) is 10.4. The van der Waals surface area contributed by atoms with Gasteiger partial charge in [-0.2, -0.15) is 0 Å². The SMILES string of the molecule is CC(=O)c1ccccc1-c1cc(O)c2nc[nH]c(=O)c2c1. The fourth-order valence-electron chi connectivity index (χ4n) is 2.36. The number of Topliss-reactive ketones (excluding diaryl/α,β-unsaturated/α-hetero) is 1. The van der Waals surface area contributed by atoms with Crippen LogP contribution in [0.25, 0.3) is 22.0 Å². The summed E-state index contributed by atoms with van der Waals surface area (Å²) in [6, 6.07) is 10.2. The molecule has 21 heavy (non-hydrogen) atoms. The van der Waals surface area contributed by atoms with Crippen molar-refractivity contribution in [1.82, 2.24) is 9.97 Å². The van der Waals surface area contributed by atoms with E-state index in [4.69, 9.17) is 0 Å². The van der Waals surface area contributed by atoms with Crippen molar-refractivity contribution in [3.63, 3.8) is 0 Å². The number of H-pyrrole nitrogens is 1. The summed E-state index contributed by atoms with van der Waals surface area (Å²) < 4.78 is 0. The Labute approximate surface area is 119 Å². The van der Waals surface area contributed by atoms with E-state index in [0.29, 0.717) is 16.7 Å². The van der Waals surface area contributed by atoms with Crippen molar-refractivity contribution in [3.05, 3.63) is 58.6 Å². The van der Waals surface area contributed by atoms with Gasteiger partial charge in [-0.05, 0) is 30.2 Å². The second-order valence-corrected chi connectivity index (χ2v) is 4.72. The topological polar surface area (TPSA) is 83.0 Å². The van der Waals surface area contributed by atoms with Crippen molar-refractivity contribution in [2.45, 2.75) is 6.92 Å². The Bertz CT molecular complexity index is 913. The van der Waals surface area contributed by atoms with Crippen LogP contribution in [-0.2, 0) is 0 Å². The van der Waals surface area contributed by atoms with Gasteiger partial charge in [0, 0.05) is 5.56 Å². The highest BCUT2D eigenvalue weighted by atomic mass is 16.3. The van der Waals surface area contributed by atoms with Gasteiger partial charge in [0.1, 0.15) is 11.3 Å². The van der Waals surface area contributed by atoms with Crippen LogP contribution in [0.15, 0.2) is 47.5 Å². The number of fused-ring (bicyclic) bond motifs is 1. The van der Waals surface area contributed by atoms with Crippen molar-refractivity contribution in [2.75, 3.05) is 0 Å². The first-order chi connectivity index (χ1) is 10.1. The van der Waals surface area contributed by atoms with Gasteiger partial charge in [-0.25, -0.2) is 4.98 Å². The number of aromatic nitrogens is 2. The molecule has 0 aliphatic rings. The summed E-state index contributed by atoms with van der Waals surface area (Å²) in [7, 11) is 0. The van der Waals surface area contributed by atoms with E-state index in [1.807, 2.05) is 0 Å². The molecule has 0 fully saturated rings. The van der Waals surface area contributed by atoms with Crippen molar-refractivity contribution in [1.29, 1.82) is 0 Å². The summed E-state index contributed by atoms with van der Waals surface area (Å²) in [5.41, 5.74) is 1.71. The number of nitrogens with zero attached hydrogens (tertiary/aromatic N) is 1. The highest BCUT2D eigenvalue weighted by molar-refractivity contribution is 6.02. The van der Waals surface area contributed by atoms with Crippen LogP contribution >= 0.6 is 0 Å². The van der Waals surface area contributed by atoms with E-state index >= 15 is 0 Å². The molecule has 0 saturated heterocycles. The minimum absolute atomic E-state index is 0.0784. The zero-order valence-electron chi connectivity index (χ0n) is 11.3. The number of benzene rings is 2. The molecule has 0 aliphatic carbocycles. The monoisotopic (exact) mass is 280 g/mol. The van der Waals surface area contributed by atoms with Crippen molar-refractivity contribution in [3.8, 4) is 16.9 Å². The van der Waals surface area contributed by atoms with Gasteiger partial charge >= 0.3 is 0 Å². The van der Waals surface area contributed by atoms with Crippen LogP contribution in [0.2, 0.25) is 0 Å². The Morgan fingerprint density at radius 2 is 2.00 bits per heavy atom. The highest BCUT2D eigenvalue weighted by Gasteiger charge is 2.12. The maximum atomic E-state index is 11.9. The van der Waals surface area contributed by atoms with Gasteiger partial charge < -0.3 is 10.1 Å². The zero-order valence-corrected chi connectivity index (χ0v) is 11.3. The second-order valence-electron chi connectivity index (χ2n) is 4.72. The molecule has 104 valence electrons. The molecule has 1 aromatic heterocycles. The van der Waals surface area contributed by atoms with Crippen molar-refractivity contribution in [2.24, 2.45) is 0 Å². The number of ketones is 1. The molecule has 2 N–H and O–H groups in total. The molecule has 0 saturated carbocycles. The van der Waals surface area contributed by atoms with Crippen LogP contribution in [-0.4, -0.2) is 20.9 Å². The van der Waals surface area contributed by atoms with Gasteiger partial charge in [-0.1, -0.05) is 24.3 Å². The summed E-state index contributed by atoms with van der Waals surface area (Å²) >= 11 is 0. The van der Waals surface area contributed by atoms with E-state index in [2.05, 4.69) is 9.97 Å². The van der Waals surface area contributed by atoms with Crippen LogP contribution in [0.1, 0.15) is 17.3 Å². The average Bonchev–Trinajstić information content (AvgIpc) is 2.48. The number of phenols is 1. The third-order valence-corrected chi connectivity index (χ3v) is 3.34. The zero-order chi connectivity index (χ0) is 15.0. The predicted molar refractivity (Wildman–Crippen MR) is 79.5 cm³/mol. The minimum Gasteiger partial charge on any atom is -0.506 e. The van der Waals surface area contributed by atoms with Crippen LogP contribution in [0.3, 0.4) is 0 Å². The molecule has 0 bridgehead atoms. The molecule has 5 heteroatoms. The molecule has 5 nitrogen and oxygen atoms in total. The largest absolute Gasteiger partial charge is 0.506 e. The number of aromatic amines is 1. The molecule has 0 unspecified atom stereocenters. The Morgan fingerprint density at radius 1 is 1.24 bits per heavy atom. The molecule has 0 radical (unpaired) electrons. The summed E-state index contributed by atoms with van der Waals surface area (Å²) in [5.74, 6) is -0.169. The highest BCUT2D eigenvalue weighted by Crippen LogP contribution is 2.31. The quantitative estimate of drug-likeness (QED) is 0.706. The first-order valence-electron chi connectivity index (χ1n) is 6.38. The normalized spacial score (nSPS) is 10.7. The lowest BCUT2D eigenvalue weighted by Gasteiger charge is -2.09. The fraction of sp³-hybridized carbons (Fsp3) is 0.0625. The summed E-state index contributed by atoms with van der Waals surface area (Å²) in [4.78, 5) is 30.0. The molecule has 2 aromatic carbocycles. The maximum absolute atomic E-state index is 11.9. The van der Waals surface area contributed by atoms with E-state index in [0.717, 1.165) is 0 Å². The van der Waals surface area contributed by atoms with E-state index < -0.39 is 0 Å². The van der Waals surface area contributed by atoms with Gasteiger partial charge in [-0.15, -0.1) is 0 Å². The minimum atomic E-state index is -0.336. The lowest BCUT2D eigenvalue weighted by molar-refractivity contribution is 0.101. The second kappa shape index (κ2) is 4.86. The van der Waals surface area contributed by atoms with Crippen LogP contribution in [0.4, 0.5) is 0 Å². The van der Waals surface area contributed by atoms with Gasteiger partial charge in [-0.3, -0.25) is 9.59 Å². The molecule has 3 aromatic rings. The number of rotatable bonds is 2. The number of phenolic OH excluding ortho intramolecular Hbond substituents is 1. The van der Waals surface area contributed by atoms with Crippen LogP contribution in [0.5, 0.6) is 5.75 Å². The summed E-state index contributed by atoms with van der Waals surface area (Å²) in [6.07, 6.45) is 1.24. The molecular weight excluding hydrogens is 268 g/mol.